The van der Waals surface area contributed by atoms with E-state index in [1.54, 1.807) is 7.11 Å². The van der Waals surface area contributed by atoms with Crippen LogP contribution in [-0.4, -0.2) is 30.8 Å². The van der Waals surface area contributed by atoms with Crippen molar-refractivity contribution in [3.63, 3.8) is 0 Å². The number of halogens is 1. The summed E-state index contributed by atoms with van der Waals surface area (Å²) in [4.78, 5) is 5.19. The smallest absolute Gasteiger partial charge is 0.183 e. The molecule has 1 aliphatic heterocycles. The zero-order valence-corrected chi connectivity index (χ0v) is 8.91. The molecule has 1 N–H and O–H groups in total. The molecule has 5 heteroatoms. The predicted molar refractivity (Wildman–Crippen MR) is 53.4 cm³/mol. The minimum Gasteiger partial charge on any atom is -0.375 e. The zero-order valence-electron chi connectivity index (χ0n) is 7.34. The Labute approximate surface area is 86.1 Å². The van der Waals surface area contributed by atoms with Gasteiger partial charge in [-0.3, -0.25) is 0 Å². The van der Waals surface area contributed by atoms with E-state index in [2.05, 4.69) is 10.3 Å². The van der Waals surface area contributed by atoms with Crippen LogP contribution in [0.25, 0.3) is 0 Å². The zero-order chi connectivity index (χ0) is 9.31. The Bertz CT molecular complexity index is 293. The van der Waals surface area contributed by atoms with Crippen LogP contribution in [0, 0.1) is 0 Å². The molecule has 0 radical (unpaired) electrons. The number of methoxy groups -OCH3 is 1. The Kier molecular flexibility index (Phi) is 2.55. The van der Waals surface area contributed by atoms with E-state index in [4.69, 9.17) is 16.3 Å². The van der Waals surface area contributed by atoms with Crippen LogP contribution in [0.1, 0.15) is 4.88 Å². The molecule has 1 saturated heterocycles. The SMILES string of the molecule is COC1(Cc2cnc(Cl)s2)CNC1. The maximum Gasteiger partial charge on any atom is 0.183 e. The molecule has 0 aromatic carbocycles. The Morgan fingerprint density at radius 2 is 2.54 bits per heavy atom. The number of aromatic nitrogens is 1. The van der Waals surface area contributed by atoms with E-state index in [9.17, 15) is 0 Å². The lowest BCUT2D eigenvalue weighted by Gasteiger charge is -2.41. The van der Waals surface area contributed by atoms with Gasteiger partial charge in [0.2, 0.25) is 0 Å². The van der Waals surface area contributed by atoms with Crippen LogP contribution in [0.5, 0.6) is 0 Å². The van der Waals surface area contributed by atoms with E-state index >= 15 is 0 Å². The topological polar surface area (TPSA) is 34.1 Å². The molecular weight excluding hydrogens is 208 g/mol. The van der Waals surface area contributed by atoms with Gasteiger partial charge in [0, 0.05) is 37.7 Å². The van der Waals surface area contributed by atoms with Crippen LogP contribution < -0.4 is 5.32 Å². The number of nitrogens with zero attached hydrogens (tertiary/aromatic N) is 1. The molecule has 3 nitrogen and oxygen atoms in total. The van der Waals surface area contributed by atoms with E-state index in [1.807, 2.05) is 6.20 Å². The summed E-state index contributed by atoms with van der Waals surface area (Å²) < 4.78 is 6.07. The molecule has 0 spiro atoms. The highest BCUT2D eigenvalue weighted by Crippen LogP contribution is 2.26. The number of ether oxygens (including phenoxy) is 1. The molecule has 0 saturated carbocycles. The van der Waals surface area contributed by atoms with Crippen LogP contribution in [0.4, 0.5) is 0 Å². The van der Waals surface area contributed by atoms with Crippen molar-refractivity contribution in [1.82, 2.24) is 10.3 Å². The molecule has 1 fully saturated rings. The summed E-state index contributed by atoms with van der Waals surface area (Å²) in [5.41, 5.74) is -0.0180. The van der Waals surface area contributed by atoms with Gasteiger partial charge < -0.3 is 10.1 Å². The number of hydrogen-bond donors (Lipinski definition) is 1. The van der Waals surface area contributed by atoms with Crippen molar-refractivity contribution >= 4 is 22.9 Å². The third-order valence-corrected chi connectivity index (χ3v) is 3.46. The van der Waals surface area contributed by atoms with E-state index in [0.29, 0.717) is 4.47 Å². The van der Waals surface area contributed by atoms with Crippen molar-refractivity contribution < 1.29 is 4.74 Å². The fourth-order valence-electron chi connectivity index (χ4n) is 1.43. The summed E-state index contributed by atoms with van der Waals surface area (Å²) >= 11 is 7.27. The first kappa shape index (κ1) is 9.40. The Balaban J connectivity index is 2.04. The maximum atomic E-state index is 5.74. The van der Waals surface area contributed by atoms with Gasteiger partial charge >= 0.3 is 0 Å². The van der Waals surface area contributed by atoms with Crippen molar-refractivity contribution in [2.45, 2.75) is 12.0 Å². The second-order valence-electron chi connectivity index (χ2n) is 3.25. The maximum absolute atomic E-state index is 5.74. The van der Waals surface area contributed by atoms with E-state index < -0.39 is 0 Å². The van der Waals surface area contributed by atoms with E-state index in [1.165, 1.54) is 16.2 Å². The van der Waals surface area contributed by atoms with Crippen molar-refractivity contribution in [2.24, 2.45) is 0 Å². The molecule has 2 rings (SSSR count). The predicted octanol–water partition coefficient (Wildman–Crippen LogP) is 1.33. The number of thiazole rings is 1. The largest absolute Gasteiger partial charge is 0.375 e. The normalized spacial score (nSPS) is 19.8. The molecule has 1 aromatic rings. The highest BCUT2D eigenvalue weighted by molar-refractivity contribution is 7.15. The molecule has 0 amide bonds. The molecule has 72 valence electrons. The van der Waals surface area contributed by atoms with Gasteiger partial charge in [-0.15, -0.1) is 11.3 Å². The van der Waals surface area contributed by atoms with Gasteiger partial charge in [0.25, 0.3) is 0 Å². The first-order valence-corrected chi connectivity index (χ1v) is 5.30. The third-order valence-electron chi connectivity index (χ3n) is 2.35. The Morgan fingerprint density at radius 3 is 2.92 bits per heavy atom. The number of rotatable bonds is 3. The van der Waals surface area contributed by atoms with E-state index in [0.717, 1.165) is 19.5 Å². The molecule has 13 heavy (non-hydrogen) atoms. The summed E-state index contributed by atoms with van der Waals surface area (Å²) in [7, 11) is 1.75. The molecule has 1 aromatic heterocycles. The molecular formula is C8H11ClN2OS. The molecule has 0 bridgehead atoms. The lowest BCUT2D eigenvalue weighted by molar-refractivity contribution is -0.0496. The van der Waals surface area contributed by atoms with Crippen LogP contribution in [0.2, 0.25) is 4.47 Å². The molecule has 0 aliphatic carbocycles. The lowest BCUT2D eigenvalue weighted by atomic mass is 9.92. The van der Waals surface area contributed by atoms with Gasteiger partial charge in [0.15, 0.2) is 4.47 Å². The van der Waals surface area contributed by atoms with Crippen molar-refractivity contribution in [2.75, 3.05) is 20.2 Å². The van der Waals surface area contributed by atoms with Gasteiger partial charge in [0.1, 0.15) is 0 Å². The monoisotopic (exact) mass is 218 g/mol. The van der Waals surface area contributed by atoms with Gasteiger partial charge in [-0.2, -0.15) is 0 Å². The summed E-state index contributed by atoms with van der Waals surface area (Å²) in [6.45, 7) is 1.83. The second-order valence-corrected chi connectivity index (χ2v) is 4.94. The lowest BCUT2D eigenvalue weighted by Crippen LogP contribution is -2.61. The first-order chi connectivity index (χ1) is 6.24. The minimum absolute atomic E-state index is 0.0180. The standard InChI is InChI=1S/C8H11ClN2OS/c1-12-8(4-10-5-8)2-6-3-11-7(9)13-6/h3,10H,2,4-5H2,1H3. The average Bonchev–Trinajstić information content (AvgIpc) is 2.44. The summed E-state index contributed by atoms with van der Waals surface area (Å²) in [5, 5.41) is 3.21. The highest BCUT2D eigenvalue weighted by Gasteiger charge is 2.37. The summed E-state index contributed by atoms with van der Waals surface area (Å²) in [5.74, 6) is 0. The molecule has 2 heterocycles. The fraction of sp³-hybridized carbons (Fsp3) is 0.625. The molecule has 0 unspecified atom stereocenters. The van der Waals surface area contributed by atoms with Gasteiger partial charge in [-0.25, -0.2) is 4.98 Å². The second kappa shape index (κ2) is 3.53. The summed E-state index contributed by atoms with van der Waals surface area (Å²) in [6.07, 6.45) is 2.73. The van der Waals surface area contributed by atoms with Crippen molar-refractivity contribution in [1.29, 1.82) is 0 Å². The van der Waals surface area contributed by atoms with Crippen molar-refractivity contribution in [3.8, 4) is 0 Å². The summed E-state index contributed by atoms with van der Waals surface area (Å²) in [6, 6.07) is 0. The molecule has 1 aliphatic rings. The van der Waals surface area contributed by atoms with Gasteiger partial charge in [-0.05, 0) is 0 Å². The van der Waals surface area contributed by atoms with Gasteiger partial charge in [-0.1, -0.05) is 11.6 Å². The minimum atomic E-state index is -0.0180. The first-order valence-electron chi connectivity index (χ1n) is 4.10. The van der Waals surface area contributed by atoms with Crippen LogP contribution >= 0.6 is 22.9 Å². The van der Waals surface area contributed by atoms with Crippen molar-refractivity contribution in [3.05, 3.63) is 15.5 Å². The van der Waals surface area contributed by atoms with Crippen LogP contribution in [0.15, 0.2) is 6.20 Å². The quantitative estimate of drug-likeness (QED) is 0.831. The van der Waals surface area contributed by atoms with Crippen LogP contribution in [0.3, 0.4) is 0 Å². The number of nitrogens with one attached hydrogen (secondary N) is 1. The average molecular weight is 219 g/mol. The highest BCUT2D eigenvalue weighted by atomic mass is 35.5. The Hall–Kier alpha value is -0.160. The van der Waals surface area contributed by atoms with E-state index in [-0.39, 0.29) is 5.60 Å². The van der Waals surface area contributed by atoms with Gasteiger partial charge in [0.05, 0.1) is 5.60 Å². The van der Waals surface area contributed by atoms with Crippen LogP contribution in [-0.2, 0) is 11.2 Å². The third kappa shape index (κ3) is 1.86. The number of hydrogen-bond acceptors (Lipinski definition) is 4. The molecule has 0 atom stereocenters. The Morgan fingerprint density at radius 1 is 1.77 bits per heavy atom. The fourth-order valence-corrected chi connectivity index (χ4v) is 2.54.